The van der Waals surface area contributed by atoms with Gasteiger partial charge in [0.05, 0.1) is 0 Å². The van der Waals surface area contributed by atoms with Crippen molar-refractivity contribution in [3.8, 4) is 0 Å². The van der Waals surface area contributed by atoms with Crippen LogP contribution in [0, 0.1) is 11.6 Å². The predicted octanol–water partition coefficient (Wildman–Crippen LogP) is 2.93. The van der Waals surface area contributed by atoms with Gasteiger partial charge < -0.3 is 5.32 Å². The molecule has 0 aromatic heterocycles. The van der Waals surface area contributed by atoms with Gasteiger partial charge in [-0.3, -0.25) is 4.90 Å². The lowest BCUT2D eigenvalue weighted by atomic mass is 10.0. The number of hydrogen-bond donors (Lipinski definition) is 1. The first kappa shape index (κ1) is 14.4. The highest BCUT2D eigenvalue weighted by Crippen LogP contribution is 2.16. The zero-order valence-corrected chi connectivity index (χ0v) is 11.5. The fraction of sp³-hybridized carbons (Fsp3) is 0.600. The summed E-state index contributed by atoms with van der Waals surface area (Å²) in [6.07, 6.45) is 3.62. The molecule has 2 nitrogen and oxygen atoms in total. The summed E-state index contributed by atoms with van der Waals surface area (Å²) in [5, 5.41) is 3.47. The maximum absolute atomic E-state index is 13.6. The van der Waals surface area contributed by atoms with E-state index in [1.54, 1.807) is 0 Å². The summed E-state index contributed by atoms with van der Waals surface area (Å²) in [5.74, 6) is -0.898. The minimum Gasteiger partial charge on any atom is -0.313 e. The third-order valence-corrected chi connectivity index (χ3v) is 3.78. The molecule has 0 aliphatic carbocycles. The van der Waals surface area contributed by atoms with Crippen LogP contribution in [-0.4, -0.2) is 30.6 Å². The van der Waals surface area contributed by atoms with E-state index >= 15 is 0 Å². The number of nitrogens with one attached hydrogen (secondary N) is 1. The van der Waals surface area contributed by atoms with Crippen molar-refractivity contribution >= 4 is 0 Å². The largest absolute Gasteiger partial charge is 0.313 e. The van der Waals surface area contributed by atoms with Crippen molar-refractivity contribution in [2.45, 2.75) is 38.8 Å². The van der Waals surface area contributed by atoms with Crippen molar-refractivity contribution in [3.05, 3.63) is 35.4 Å². The SMILES string of the molecule is CCN(Cc1c(F)cccc1F)CC1CCCCN1. The lowest BCUT2D eigenvalue weighted by Crippen LogP contribution is -2.43. The monoisotopic (exact) mass is 268 g/mol. The van der Waals surface area contributed by atoms with E-state index in [1.165, 1.54) is 31.0 Å². The van der Waals surface area contributed by atoms with E-state index in [1.807, 2.05) is 6.92 Å². The second-order valence-corrected chi connectivity index (χ2v) is 5.17. The molecule has 1 fully saturated rings. The van der Waals surface area contributed by atoms with Crippen LogP contribution in [0.2, 0.25) is 0 Å². The Morgan fingerprint density at radius 3 is 2.58 bits per heavy atom. The van der Waals surface area contributed by atoms with Crippen molar-refractivity contribution < 1.29 is 8.78 Å². The van der Waals surface area contributed by atoms with Crippen molar-refractivity contribution in [1.29, 1.82) is 0 Å². The molecule has 1 atom stereocenters. The first-order valence-electron chi connectivity index (χ1n) is 7.09. The molecule has 4 heteroatoms. The smallest absolute Gasteiger partial charge is 0.130 e. The first-order valence-corrected chi connectivity index (χ1v) is 7.09. The Morgan fingerprint density at radius 2 is 2.00 bits per heavy atom. The van der Waals surface area contributed by atoms with Crippen molar-refractivity contribution in [2.75, 3.05) is 19.6 Å². The number of halogens is 2. The summed E-state index contributed by atoms with van der Waals surface area (Å²) in [7, 11) is 0. The highest BCUT2D eigenvalue weighted by molar-refractivity contribution is 5.19. The van der Waals surface area contributed by atoms with E-state index in [0.29, 0.717) is 12.6 Å². The molecule has 0 saturated carbocycles. The molecule has 1 aliphatic rings. The molecule has 1 unspecified atom stereocenters. The molecule has 1 aromatic carbocycles. The maximum Gasteiger partial charge on any atom is 0.130 e. The topological polar surface area (TPSA) is 15.3 Å². The van der Waals surface area contributed by atoms with E-state index in [4.69, 9.17) is 0 Å². The summed E-state index contributed by atoms with van der Waals surface area (Å²) in [6, 6.07) is 4.51. The van der Waals surface area contributed by atoms with Crippen LogP contribution in [0.1, 0.15) is 31.7 Å². The first-order chi connectivity index (χ1) is 9.20. The Balaban J connectivity index is 1.98. The van der Waals surface area contributed by atoms with Crippen LogP contribution in [0.5, 0.6) is 0 Å². The minimum atomic E-state index is -0.449. The summed E-state index contributed by atoms with van der Waals surface area (Å²) in [6.45, 7) is 5.07. The van der Waals surface area contributed by atoms with Crippen LogP contribution >= 0.6 is 0 Å². The molecule has 0 spiro atoms. The average Bonchev–Trinajstić information content (AvgIpc) is 2.43. The number of rotatable bonds is 5. The number of likely N-dealkylation sites (N-methyl/N-ethyl adjacent to an activating group) is 1. The summed E-state index contributed by atoms with van der Waals surface area (Å²) in [5.41, 5.74) is 0.181. The Kier molecular flexibility index (Phi) is 5.28. The average molecular weight is 268 g/mol. The molecular formula is C15H22F2N2. The lowest BCUT2D eigenvalue weighted by Gasteiger charge is -2.30. The van der Waals surface area contributed by atoms with Gasteiger partial charge in [-0.1, -0.05) is 19.4 Å². The zero-order chi connectivity index (χ0) is 13.7. The van der Waals surface area contributed by atoms with E-state index in [2.05, 4.69) is 10.2 Å². The standard InChI is InChI=1S/C15H22F2N2/c1-2-19(10-12-6-3-4-9-18-12)11-13-14(16)7-5-8-15(13)17/h5,7-8,12,18H,2-4,6,9-11H2,1H3. The molecule has 0 radical (unpaired) electrons. The molecule has 0 bridgehead atoms. The summed E-state index contributed by atoms with van der Waals surface area (Å²) < 4.78 is 27.3. The van der Waals surface area contributed by atoms with Crippen LogP contribution in [-0.2, 0) is 6.54 Å². The highest BCUT2D eigenvalue weighted by atomic mass is 19.1. The fourth-order valence-electron chi connectivity index (χ4n) is 2.60. The van der Waals surface area contributed by atoms with Gasteiger partial charge in [0, 0.05) is 24.7 Å². The van der Waals surface area contributed by atoms with Crippen molar-refractivity contribution in [2.24, 2.45) is 0 Å². The second kappa shape index (κ2) is 6.96. The van der Waals surface area contributed by atoms with Gasteiger partial charge in [-0.2, -0.15) is 0 Å². The van der Waals surface area contributed by atoms with Gasteiger partial charge >= 0.3 is 0 Å². The van der Waals surface area contributed by atoms with Gasteiger partial charge in [0.15, 0.2) is 0 Å². The Labute approximate surface area is 113 Å². The molecule has 19 heavy (non-hydrogen) atoms. The van der Waals surface area contributed by atoms with E-state index < -0.39 is 11.6 Å². The van der Waals surface area contributed by atoms with Gasteiger partial charge in [0.2, 0.25) is 0 Å². The molecule has 1 aliphatic heterocycles. The fourth-order valence-corrected chi connectivity index (χ4v) is 2.60. The number of nitrogens with zero attached hydrogens (tertiary/aromatic N) is 1. The summed E-state index contributed by atoms with van der Waals surface area (Å²) >= 11 is 0. The van der Waals surface area contributed by atoms with Crippen LogP contribution in [0.25, 0.3) is 0 Å². The molecule has 106 valence electrons. The van der Waals surface area contributed by atoms with E-state index in [0.717, 1.165) is 26.1 Å². The molecule has 1 aromatic rings. The van der Waals surface area contributed by atoms with Gasteiger partial charge in [0.25, 0.3) is 0 Å². The lowest BCUT2D eigenvalue weighted by molar-refractivity contribution is 0.221. The zero-order valence-electron chi connectivity index (χ0n) is 11.5. The van der Waals surface area contributed by atoms with Crippen LogP contribution < -0.4 is 5.32 Å². The molecule has 1 saturated heterocycles. The third-order valence-electron chi connectivity index (χ3n) is 3.78. The predicted molar refractivity (Wildman–Crippen MR) is 73.0 cm³/mol. The van der Waals surface area contributed by atoms with Gasteiger partial charge in [-0.25, -0.2) is 8.78 Å². The van der Waals surface area contributed by atoms with Gasteiger partial charge in [0.1, 0.15) is 11.6 Å². The summed E-state index contributed by atoms with van der Waals surface area (Å²) in [4.78, 5) is 2.10. The Morgan fingerprint density at radius 1 is 1.26 bits per heavy atom. The van der Waals surface area contributed by atoms with Gasteiger partial charge in [-0.15, -0.1) is 0 Å². The van der Waals surface area contributed by atoms with Crippen molar-refractivity contribution in [1.82, 2.24) is 10.2 Å². The van der Waals surface area contributed by atoms with Gasteiger partial charge in [-0.05, 0) is 38.1 Å². The maximum atomic E-state index is 13.6. The molecule has 2 rings (SSSR count). The third kappa shape index (κ3) is 3.98. The van der Waals surface area contributed by atoms with E-state index in [-0.39, 0.29) is 5.56 Å². The van der Waals surface area contributed by atoms with Crippen LogP contribution in [0.4, 0.5) is 8.78 Å². The quantitative estimate of drug-likeness (QED) is 0.883. The number of piperidine rings is 1. The Bertz CT molecular complexity index is 383. The normalized spacial score (nSPS) is 19.9. The van der Waals surface area contributed by atoms with Crippen LogP contribution in [0.3, 0.4) is 0 Å². The minimum absolute atomic E-state index is 0.181. The Hall–Kier alpha value is -1.00. The molecular weight excluding hydrogens is 246 g/mol. The van der Waals surface area contributed by atoms with Crippen molar-refractivity contribution in [3.63, 3.8) is 0 Å². The van der Waals surface area contributed by atoms with Crippen LogP contribution in [0.15, 0.2) is 18.2 Å². The molecule has 1 N–H and O–H groups in total. The number of benzene rings is 1. The molecule has 1 heterocycles. The highest BCUT2D eigenvalue weighted by Gasteiger charge is 2.18. The molecule has 0 amide bonds. The van der Waals surface area contributed by atoms with E-state index in [9.17, 15) is 8.78 Å². The second-order valence-electron chi connectivity index (χ2n) is 5.17. The number of hydrogen-bond acceptors (Lipinski definition) is 2.